The maximum atomic E-state index is 13.4. The summed E-state index contributed by atoms with van der Waals surface area (Å²) >= 11 is 0. The van der Waals surface area contributed by atoms with Crippen LogP contribution >= 0.6 is 0 Å². The molecule has 3 saturated carbocycles. The summed E-state index contributed by atoms with van der Waals surface area (Å²) in [6.45, 7) is 12.2. The van der Waals surface area contributed by atoms with Crippen molar-refractivity contribution in [1.29, 1.82) is 0 Å². The number of nitrogens with one attached hydrogen (secondary N) is 2. The normalized spacial score (nSPS) is 44.9. The van der Waals surface area contributed by atoms with Gasteiger partial charge in [0.25, 0.3) is 0 Å². The van der Waals surface area contributed by atoms with Gasteiger partial charge >= 0.3 is 12.2 Å². The first-order valence-corrected chi connectivity index (χ1v) is 12.7. The molecule has 9 heteroatoms. The Hall–Kier alpha value is -2.42. The number of carbonyl (C=O) groups is 4. The molecule has 0 radical (unpaired) electrons. The van der Waals surface area contributed by atoms with Crippen LogP contribution in [0.5, 0.6) is 0 Å². The number of Topliss-reactive ketones (excluding diaryl/α,β-unsaturated/α-hetero) is 1. The molecule has 0 aromatic carbocycles. The predicted octanol–water partition coefficient (Wildman–Crippen LogP) is 3.10. The fraction of sp³-hybridized carbons (Fsp3) is 0.769. The van der Waals surface area contributed by atoms with Crippen molar-refractivity contribution in [2.24, 2.45) is 34.0 Å². The molecule has 4 aliphatic rings. The van der Waals surface area contributed by atoms with Gasteiger partial charge in [-0.2, -0.15) is 0 Å². The van der Waals surface area contributed by atoms with Crippen LogP contribution in [0.3, 0.4) is 0 Å². The molecule has 3 amide bonds. The summed E-state index contributed by atoms with van der Waals surface area (Å²) in [5.74, 6) is -0.452. The van der Waals surface area contributed by atoms with Crippen LogP contribution in [-0.4, -0.2) is 53.8 Å². The molecule has 0 spiro atoms. The van der Waals surface area contributed by atoms with Crippen LogP contribution in [0.2, 0.25) is 0 Å². The maximum Gasteiger partial charge on any atom is 0.416 e. The molecule has 1 aliphatic heterocycles. The van der Waals surface area contributed by atoms with Gasteiger partial charge in [-0.15, -0.1) is 6.58 Å². The van der Waals surface area contributed by atoms with E-state index >= 15 is 0 Å². The number of alkyl carbamates (subject to hydrolysis) is 2. The topological polar surface area (TPSA) is 131 Å². The zero-order chi connectivity index (χ0) is 25.8. The average molecular weight is 491 g/mol. The third-order valence-electron chi connectivity index (χ3n) is 9.97. The van der Waals surface area contributed by atoms with E-state index in [0.717, 1.165) is 12.8 Å². The number of aliphatic hydroxyl groups is 1. The average Bonchev–Trinajstić information content (AvgIpc) is 3.37. The van der Waals surface area contributed by atoms with E-state index < -0.39 is 41.3 Å². The molecule has 9 atom stereocenters. The number of carbonyl (C=O) groups excluding carboxylic acids is 4. The number of hydrogen-bond donors (Lipinski definition) is 3. The standard InChI is InChI=1S/C26H38N2O7/c1-6-24(4)12-18(35-23(33)28-22(32)34-16-11-19(30)27-13-16)25(5)14(2)7-9-26(15(3)21(24)31)10-8-17(29)20(25)26/h6,14-16,18,20-21,31H,1,7-13H2,2-5H3,(H,27,30)(H,28,32,33)/t14?,15-,16+,18+,20-,21-,24+,25+,26-/m0/s1. The quantitative estimate of drug-likeness (QED) is 0.518. The fourth-order valence-corrected chi connectivity index (χ4v) is 7.59. The second-order valence-electron chi connectivity index (χ2n) is 11.6. The van der Waals surface area contributed by atoms with E-state index in [9.17, 15) is 24.3 Å². The Labute approximate surface area is 206 Å². The Bertz CT molecular complexity index is 937. The SMILES string of the molecule is C=C[C@]1(C)C[C@@H](OC(=O)NC(=O)O[C@H]2CNC(=O)C2)[C@@]2(C)C(C)CC[C@]3(CCC(=O)[C@H]32)[C@@H](C)[C@@H]1O. The highest BCUT2D eigenvalue weighted by Gasteiger charge is 2.68. The van der Waals surface area contributed by atoms with Gasteiger partial charge in [0, 0.05) is 23.2 Å². The first kappa shape index (κ1) is 25.7. The molecular formula is C26H38N2O7. The predicted molar refractivity (Wildman–Crippen MR) is 126 cm³/mol. The largest absolute Gasteiger partial charge is 0.445 e. The first-order chi connectivity index (χ1) is 16.4. The van der Waals surface area contributed by atoms with E-state index in [1.807, 2.05) is 20.8 Å². The lowest BCUT2D eigenvalue weighted by Crippen LogP contribution is -2.63. The number of amides is 3. The Morgan fingerprint density at radius 1 is 1.17 bits per heavy atom. The van der Waals surface area contributed by atoms with Crippen molar-refractivity contribution in [2.75, 3.05) is 6.54 Å². The lowest BCUT2D eigenvalue weighted by Gasteiger charge is -2.61. The van der Waals surface area contributed by atoms with Crippen molar-refractivity contribution in [2.45, 2.75) is 84.5 Å². The molecule has 1 saturated heterocycles. The molecule has 0 aromatic rings. The molecule has 4 fully saturated rings. The Morgan fingerprint density at radius 3 is 2.49 bits per heavy atom. The molecule has 2 bridgehead atoms. The molecule has 3 N–H and O–H groups in total. The summed E-state index contributed by atoms with van der Waals surface area (Å²) < 4.78 is 11.1. The van der Waals surface area contributed by atoms with E-state index in [2.05, 4.69) is 24.1 Å². The molecular weight excluding hydrogens is 452 g/mol. The van der Waals surface area contributed by atoms with E-state index in [4.69, 9.17) is 9.47 Å². The van der Waals surface area contributed by atoms with Gasteiger partial charge in [0.05, 0.1) is 19.1 Å². The molecule has 1 unspecified atom stereocenters. The van der Waals surface area contributed by atoms with E-state index in [0.29, 0.717) is 12.8 Å². The molecule has 194 valence electrons. The summed E-state index contributed by atoms with van der Waals surface area (Å²) in [5, 5.41) is 16.2. The summed E-state index contributed by atoms with van der Waals surface area (Å²) in [6.07, 6.45) is 0.777. The van der Waals surface area contributed by atoms with Crippen LogP contribution in [0.15, 0.2) is 12.7 Å². The van der Waals surface area contributed by atoms with Crippen LogP contribution in [-0.2, 0) is 19.1 Å². The fourth-order valence-electron chi connectivity index (χ4n) is 7.59. The van der Waals surface area contributed by atoms with Gasteiger partial charge in [-0.3, -0.25) is 9.59 Å². The van der Waals surface area contributed by atoms with Gasteiger partial charge in [0.1, 0.15) is 18.0 Å². The third-order valence-corrected chi connectivity index (χ3v) is 9.97. The monoisotopic (exact) mass is 490 g/mol. The highest BCUT2D eigenvalue weighted by atomic mass is 16.6. The summed E-state index contributed by atoms with van der Waals surface area (Å²) in [5.41, 5.74) is -1.81. The van der Waals surface area contributed by atoms with Crippen molar-refractivity contribution < 1.29 is 33.8 Å². The van der Waals surface area contributed by atoms with Gasteiger partial charge < -0.3 is 19.9 Å². The number of rotatable bonds is 3. The van der Waals surface area contributed by atoms with Crippen LogP contribution in [0.1, 0.15) is 66.2 Å². The number of imide groups is 1. The Morgan fingerprint density at radius 2 is 1.86 bits per heavy atom. The highest BCUT2D eigenvalue weighted by Crippen LogP contribution is 2.67. The van der Waals surface area contributed by atoms with Crippen molar-refractivity contribution in [3.8, 4) is 0 Å². The first-order valence-electron chi connectivity index (χ1n) is 12.7. The van der Waals surface area contributed by atoms with Gasteiger partial charge in [-0.25, -0.2) is 14.9 Å². The second kappa shape index (κ2) is 8.91. The van der Waals surface area contributed by atoms with Crippen LogP contribution in [0.25, 0.3) is 0 Å². The zero-order valence-electron chi connectivity index (χ0n) is 21.1. The van der Waals surface area contributed by atoms with E-state index in [1.54, 1.807) is 6.08 Å². The van der Waals surface area contributed by atoms with Gasteiger partial charge in [0.2, 0.25) is 5.91 Å². The van der Waals surface area contributed by atoms with Crippen molar-refractivity contribution in [1.82, 2.24) is 10.6 Å². The summed E-state index contributed by atoms with van der Waals surface area (Å²) in [7, 11) is 0. The minimum Gasteiger partial charge on any atom is -0.445 e. The summed E-state index contributed by atoms with van der Waals surface area (Å²) in [6, 6.07) is 0. The molecule has 4 rings (SSSR count). The summed E-state index contributed by atoms with van der Waals surface area (Å²) in [4.78, 5) is 49.9. The van der Waals surface area contributed by atoms with Gasteiger partial charge in [0.15, 0.2) is 0 Å². The minimum absolute atomic E-state index is 0.0420. The maximum absolute atomic E-state index is 13.4. The lowest BCUT2D eigenvalue weighted by atomic mass is 9.44. The van der Waals surface area contributed by atoms with E-state index in [-0.39, 0.29) is 54.2 Å². The van der Waals surface area contributed by atoms with Gasteiger partial charge in [-0.1, -0.05) is 33.8 Å². The van der Waals surface area contributed by atoms with Crippen LogP contribution in [0.4, 0.5) is 9.59 Å². The molecule has 0 aromatic heterocycles. The molecule has 9 nitrogen and oxygen atoms in total. The molecule has 3 aliphatic carbocycles. The number of hydrogen-bond acceptors (Lipinski definition) is 7. The molecule has 35 heavy (non-hydrogen) atoms. The van der Waals surface area contributed by atoms with E-state index in [1.165, 1.54) is 0 Å². The van der Waals surface area contributed by atoms with Crippen LogP contribution in [0, 0.1) is 34.0 Å². The lowest BCUT2D eigenvalue weighted by molar-refractivity contribution is -0.191. The zero-order valence-corrected chi connectivity index (χ0v) is 21.1. The minimum atomic E-state index is -0.990. The Kier molecular flexibility index (Phi) is 6.53. The second-order valence-corrected chi connectivity index (χ2v) is 11.6. The number of aliphatic hydroxyl groups excluding tert-OH is 1. The van der Waals surface area contributed by atoms with Crippen molar-refractivity contribution >= 4 is 23.9 Å². The number of ether oxygens (including phenoxy) is 2. The van der Waals surface area contributed by atoms with Crippen molar-refractivity contribution in [3.63, 3.8) is 0 Å². The van der Waals surface area contributed by atoms with Gasteiger partial charge in [-0.05, 0) is 42.9 Å². The highest BCUT2D eigenvalue weighted by molar-refractivity contribution is 5.88. The smallest absolute Gasteiger partial charge is 0.416 e. The third kappa shape index (κ3) is 4.05. The molecule has 1 heterocycles. The Balaban J connectivity index is 1.63. The van der Waals surface area contributed by atoms with Crippen molar-refractivity contribution in [3.05, 3.63) is 12.7 Å². The van der Waals surface area contributed by atoms with Crippen LogP contribution < -0.4 is 10.6 Å². The number of ketones is 1.